The first-order valence-corrected chi connectivity index (χ1v) is 10.2. The van der Waals surface area contributed by atoms with Gasteiger partial charge in [0, 0.05) is 12.3 Å². The van der Waals surface area contributed by atoms with E-state index >= 15 is 0 Å². The Morgan fingerprint density at radius 1 is 1.06 bits per heavy atom. The van der Waals surface area contributed by atoms with Crippen molar-refractivity contribution in [3.63, 3.8) is 0 Å². The summed E-state index contributed by atoms with van der Waals surface area (Å²) in [5, 5.41) is 4.64. The summed E-state index contributed by atoms with van der Waals surface area (Å²) in [6.45, 7) is 1.45. The second kappa shape index (κ2) is 8.49. The normalized spacial score (nSPS) is 12.6. The quantitative estimate of drug-likeness (QED) is 0.471. The topological polar surface area (TPSA) is 106 Å². The summed E-state index contributed by atoms with van der Waals surface area (Å²) in [4.78, 5) is 54.2. The molecule has 156 valence electrons. The number of rotatable bonds is 6. The largest absolute Gasteiger partial charge is 0.456 e. The van der Waals surface area contributed by atoms with Gasteiger partial charge in [0.25, 0.3) is 11.8 Å². The standard InChI is InChI=1S/C22H17N3O5S/c1-13(26)23-22-24-16(12-31-22)11-30-21(29)15-7-8-17-18(9-15)20(28)25(19(17)27)10-14-5-3-2-4-6-14/h2-9,12H,10-11H2,1H3,(H,23,24,26). The lowest BCUT2D eigenvalue weighted by Crippen LogP contribution is -2.29. The van der Waals surface area contributed by atoms with Crippen LogP contribution in [0.25, 0.3) is 0 Å². The number of imide groups is 1. The highest BCUT2D eigenvalue weighted by molar-refractivity contribution is 7.13. The monoisotopic (exact) mass is 435 g/mol. The molecule has 1 N–H and O–H groups in total. The summed E-state index contributed by atoms with van der Waals surface area (Å²) in [6, 6.07) is 13.5. The molecule has 1 aromatic heterocycles. The number of ether oxygens (including phenoxy) is 1. The molecule has 0 spiro atoms. The fourth-order valence-corrected chi connectivity index (χ4v) is 3.87. The third kappa shape index (κ3) is 4.36. The van der Waals surface area contributed by atoms with Gasteiger partial charge in [0.2, 0.25) is 5.91 Å². The van der Waals surface area contributed by atoms with Crippen molar-refractivity contribution in [1.29, 1.82) is 0 Å². The van der Waals surface area contributed by atoms with Gasteiger partial charge < -0.3 is 10.1 Å². The molecule has 9 heteroatoms. The van der Waals surface area contributed by atoms with Crippen LogP contribution >= 0.6 is 11.3 Å². The van der Waals surface area contributed by atoms with Crippen LogP contribution in [0.3, 0.4) is 0 Å². The molecule has 2 aromatic carbocycles. The van der Waals surface area contributed by atoms with Gasteiger partial charge in [-0.3, -0.25) is 19.3 Å². The number of esters is 1. The average molecular weight is 435 g/mol. The van der Waals surface area contributed by atoms with Crippen LogP contribution in [-0.2, 0) is 22.7 Å². The van der Waals surface area contributed by atoms with Crippen molar-refractivity contribution in [2.75, 3.05) is 5.32 Å². The van der Waals surface area contributed by atoms with E-state index in [0.29, 0.717) is 10.8 Å². The number of carbonyl (C=O) groups excluding carboxylic acids is 4. The molecule has 1 aliphatic heterocycles. The molecule has 2 heterocycles. The molecule has 3 amide bonds. The van der Waals surface area contributed by atoms with Gasteiger partial charge >= 0.3 is 5.97 Å². The van der Waals surface area contributed by atoms with E-state index in [1.165, 1.54) is 36.5 Å². The Morgan fingerprint density at radius 3 is 2.55 bits per heavy atom. The Labute approximate surface area is 181 Å². The van der Waals surface area contributed by atoms with E-state index < -0.39 is 17.8 Å². The van der Waals surface area contributed by atoms with Crippen LogP contribution in [0.1, 0.15) is 49.3 Å². The highest BCUT2D eigenvalue weighted by Gasteiger charge is 2.36. The van der Waals surface area contributed by atoms with E-state index in [1.54, 1.807) is 5.38 Å². The number of benzene rings is 2. The minimum Gasteiger partial charge on any atom is -0.456 e. The number of carbonyl (C=O) groups is 4. The zero-order valence-electron chi connectivity index (χ0n) is 16.5. The van der Waals surface area contributed by atoms with Crippen molar-refractivity contribution < 1.29 is 23.9 Å². The number of thiazole rings is 1. The molecule has 1 aliphatic rings. The lowest BCUT2D eigenvalue weighted by Gasteiger charge is -2.13. The first-order chi connectivity index (χ1) is 14.9. The van der Waals surface area contributed by atoms with Crippen molar-refractivity contribution in [2.24, 2.45) is 0 Å². The Kier molecular flexibility index (Phi) is 5.59. The van der Waals surface area contributed by atoms with Crippen molar-refractivity contribution in [3.8, 4) is 0 Å². The second-order valence-electron chi connectivity index (χ2n) is 6.84. The maximum absolute atomic E-state index is 12.8. The summed E-state index contributed by atoms with van der Waals surface area (Å²) < 4.78 is 5.26. The number of fused-ring (bicyclic) bond motifs is 1. The van der Waals surface area contributed by atoms with Crippen LogP contribution in [-0.4, -0.2) is 33.6 Å². The molecule has 0 atom stereocenters. The predicted molar refractivity (Wildman–Crippen MR) is 113 cm³/mol. The number of nitrogens with zero attached hydrogens (tertiary/aromatic N) is 2. The molecule has 31 heavy (non-hydrogen) atoms. The molecular formula is C22H17N3O5S. The Bertz CT molecular complexity index is 1190. The molecule has 0 fully saturated rings. The van der Waals surface area contributed by atoms with E-state index in [1.807, 2.05) is 30.3 Å². The molecule has 0 radical (unpaired) electrons. The summed E-state index contributed by atoms with van der Waals surface area (Å²) >= 11 is 1.22. The Balaban J connectivity index is 1.44. The SMILES string of the molecule is CC(=O)Nc1nc(COC(=O)c2ccc3c(c2)C(=O)N(Cc2ccccc2)C3=O)cs1. The summed E-state index contributed by atoms with van der Waals surface area (Å²) in [6.07, 6.45) is 0. The van der Waals surface area contributed by atoms with E-state index in [-0.39, 0.29) is 35.7 Å². The summed E-state index contributed by atoms with van der Waals surface area (Å²) in [5.74, 6) is -1.72. The lowest BCUT2D eigenvalue weighted by molar-refractivity contribution is -0.114. The van der Waals surface area contributed by atoms with E-state index in [0.717, 1.165) is 10.5 Å². The van der Waals surface area contributed by atoms with Crippen molar-refractivity contribution in [3.05, 3.63) is 81.9 Å². The molecule has 4 rings (SSSR count). The van der Waals surface area contributed by atoms with Gasteiger partial charge in [-0.05, 0) is 23.8 Å². The lowest BCUT2D eigenvalue weighted by atomic mass is 10.1. The van der Waals surface area contributed by atoms with Crippen LogP contribution in [0.5, 0.6) is 0 Å². The number of hydrogen-bond acceptors (Lipinski definition) is 7. The number of amides is 3. The first kappa shape index (κ1) is 20.4. The Morgan fingerprint density at radius 2 is 1.81 bits per heavy atom. The molecule has 8 nitrogen and oxygen atoms in total. The minimum absolute atomic E-state index is 0.0843. The number of anilines is 1. The van der Waals surface area contributed by atoms with E-state index in [2.05, 4.69) is 10.3 Å². The fourth-order valence-electron chi connectivity index (χ4n) is 3.13. The molecule has 0 unspecified atom stereocenters. The highest BCUT2D eigenvalue weighted by atomic mass is 32.1. The number of hydrogen-bond donors (Lipinski definition) is 1. The van der Waals surface area contributed by atoms with Crippen LogP contribution < -0.4 is 5.32 Å². The summed E-state index contributed by atoms with van der Waals surface area (Å²) in [7, 11) is 0. The van der Waals surface area contributed by atoms with Gasteiger partial charge in [0.15, 0.2) is 5.13 Å². The first-order valence-electron chi connectivity index (χ1n) is 9.35. The minimum atomic E-state index is -0.640. The zero-order chi connectivity index (χ0) is 22.0. The van der Waals surface area contributed by atoms with E-state index in [9.17, 15) is 19.2 Å². The number of nitrogens with one attached hydrogen (secondary N) is 1. The van der Waals surface area contributed by atoms with Crippen LogP contribution in [0.2, 0.25) is 0 Å². The van der Waals surface area contributed by atoms with Gasteiger partial charge in [-0.2, -0.15) is 0 Å². The van der Waals surface area contributed by atoms with Crippen LogP contribution in [0.15, 0.2) is 53.9 Å². The van der Waals surface area contributed by atoms with Gasteiger partial charge in [0.05, 0.1) is 28.9 Å². The molecule has 3 aromatic rings. The molecule has 0 bridgehead atoms. The van der Waals surface area contributed by atoms with Gasteiger partial charge in [0.1, 0.15) is 6.61 Å². The van der Waals surface area contributed by atoms with Crippen molar-refractivity contribution in [1.82, 2.24) is 9.88 Å². The average Bonchev–Trinajstić information content (AvgIpc) is 3.30. The maximum Gasteiger partial charge on any atom is 0.338 e. The highest BCUT2D eigenvalue weighted by Crippen LogP contribution is 2.26. The molecule has 0 aliphatic carbocycles. The van der Waals surface area contributed by atoms with Crippen LogP contribution in [0.4, 0.5) is 5.13 Å². The third-order valence-corrected chi connectivity index (χ3v) is 5.38. The Hall–Kier alpha value is -3.85. The second-order valence-corrected chi connectivity index (χ2v) is 7.70. The molecule has 0 saturated carbocycles. The smallest absolute Gasteiger partial charge is 0.338 e. The maximum atomic E-state index is 12.8. The molecule has 0 saturated heterocycles. The van der Waals surface area contributed by atoms with Gasteiger partial charge in [-0.1, -0.05) is 30.3 Å². The fraction of sp³-hybridized carbons (Fsp3) is 0.136. The number of aromatic nitrogens is 1. The van der Waals surface area contributed by atoms with Gasteiger partial charge in [-0.15, -0.1) is 11.3 Å². The van der Waals surface area contributed by atoms with Gasteiger partial charge in [-0.25, -0.2) is 9.78 Å². The summed E-state index contributed by atoms with van der Waals surface area (Å²) in [5.41, 5.74) is 1.93. The zero-order valence-corrected chi connectivity index (χ0v) is 17.3. The van der Waals surface area contributed by atoms with Crippen molar-refractivity contribution >= 4 is 40.2 Å². The van der Waals surface area contributed by atoms with Crippen LogP contribution in [0, 0.1) is 0 Å². The van der Waals surface area contributed by atoms with Crippen molar-refractivity contribution in [2.45, 2.75) is 20.1 Å². The predicted octanol–water partition coefficient (Wildman–Crippen LogP) is 3.25. The van der Waals surface area contributed by atoms with E-state index in [4.69, 9.17) is 4.74 Å². The molecular weight excluding hydrogens is 418 g/mol. The third-order valence-electron chi connectivity index (χ3n) is 4.58.